The fraction of sp³-hybridized carbons (Fsp3) is 0.241. The number of aryl methyl sites for hydroxylation is 2. The maximum Gasteiger partial charge on any atom is 0.282 e. The average molecular weight is 455 g/mol. The van der Waals surface area contributed by atoms with Crippen molar-refractivity contribution in [3.8, 4) is 5.75 Å². The van der Waals surface area contributed by atoms with Crippen LogP contribution in [-0.2, 0) is 9.59 Å². The molecule has 0 aromatic heterocycles. The van der Waals surface area contributed by atoms with Gasteiger partial charge in [0, 0.05) is 18.3 Å². The number of carbonyl (C=O) groups excluding carboxylic acids is 2. The monoisotopic (exact) mass is 454 g/mol. The summed E-state index contributed by atoms with van der Waals surface area (Å²) >= 11 is 0. The third-order valence-electron chi connectivity index (χ3n) is 6.06. The molecule has 0 fully saturated rings. The highest BCUT2D eigenvalue weighted by molar-refractivity contribution is 6.46. The van der Waals surface area contributed by atoms with Gasteiger partial charge in [0.05, 0.1) is 17.9 Å². The van der Waals surface area contributed by atoms with Crippen LogP contribution in [0.4, 0.5) is 11.4 Å². The molecule has 0 N–H and O–H groups in total. The van der Waals surface area contributed by atoms with Crippen molar-refractivity contribution in [3.63, 3.8) is 0 Å². The van der Waals surface area contributed by atoms with E-state index < -0.39 is 0 Å². The number of anilines is 2. The number of likely N-dealkylation sites (N-methyl/N-ethyl adjacent to an activating group) is 1. The first-order chi connectivity index (χ1) is 16.5. The maximum atomic E-state index is 13.9. The summed E-state index contributed by atoms with van der Waals surface area (Å²) in [6, 6.07) is 22.8. The molecule has 0 bridgehead atoms. The lowest BCUT2D eigenvalue weighted by atomic mass is 9.99. The minimum atomic E-state index is -0.337. The van der Waals surface area contributed by atoms with E-state index in [4.69, 9.17) is 4.74 Å². The van der Waals surface area contributed by atoms with E-state index in [1.165, 1.54) is 4.90 Å². The number of imide groups is 1. The molecule has 3 aromatic carbocycles. The van der Waals surface area contributed by atoms with Crippen LogP contribution in [0, 0.1) is 13.8 Å². The molecule has 1 heterocycles. The molecule has 1 aliphatic rings. The zero-order valence-corrected chi connectivity index (χ0v) is 20.2. The predicted molar refractivity (Wildman–Crippen MR) is 137 cm³/mol. The number of ether oxygens (including phenoxy) is 1. The smallest absolute Gasteiger partial charge is 0.282 e. The Kier molecular flexibility index (Phi) is 6.82. The van der Waals surface area contributed by atoms with E-state index in [9.17, 15) is 9.59 Å². The number of hydrogen-bond donors (Lipinski definition) is 0. The van der Waals surface area contributed by atoms with Gasteiger partial charge in [0.15, 0.2) is 0 Å². The van der Waals surface area contributed by atoms with Gasteiger partial charge >= 0.3 is 0 Å². The molecule has 174 valence electrons. The van der Waals surface area contributed by atoms with E-state index in [-0.39, 0.29) is 11.8 Å². The number of benzene rings is 3. The first-order valence-electron chi connectivity index (χ1n) is 11.7. The fourth-order valence-corrected chi connectivity index (χ4v) is 4.17. The lowest BCUT2D eigenvalue weighted by Gasteiger charge is -2.25. The van der Waals surface area contributed by atoms with Crippen LogP contribution in [-0.4, -0.2) is 25.0 Å². The number of nitrogens with zero attached hydrogens (tertiary/aromatic N) is 2. The van der Waals surface area contributed by atoms with Crippen LogP contribution < -0.4 is 14.5 Å². The van der Waals surface area contributed by atoms with Crippen LogP contribution in [0.15, 0.2) is 78.5 Å². The third-order valence-corrected chi connectivity index (χ3v) is 6.06. The number of amides is 2. The van der Waals surface area contributed by atoms with Crippen LogP contribution >= 0.6 is 0 Å². The molecule has 0 saturated carbocycles. The number of hydrogen-bond acceptors (Lipinski definition) is 4. The summed E-state index contributed by atoms with van der Waals surface area (Å²) in [6.45, 7) is 9.18. The van der Waals surface area contributed by atoms with Gasteiger partial charge in [0.1, 0.15) is 11.4 Å². The number of carbonyl (C=O) groups is 2. The van der Waals surface area contributed by atoms with E-state index in [2.05, 4.69) is 0 Å². The van der Waals surface area contributed by atoms with Crippen LogP contribution in [0.5, 0.6) is 5.75 Å². The third kappa shape index (κ3) is 4.34. The van der Waals surface area contributed by atoms with E-state index in [1.807, 2.05) is 93.3 Å². The minimum Gasteiger partial charge on any atom is -0.494 e. The zero-order chi connectivity index (χ0) is 24.2. The standard InChI is InChI=1S/C29H30N2O3/c1-5-17-34-25-14-10-13-24(19-25)31-28(32)26(22-16-15-20(3)21(4)18-22)27(29(31)33)30(6-2)23-11-8-7-9-12-23/h7-16,18-19H,5-6,17H2,1-4H3. The summed E-state index contributed by atoms with van der Waals surface area (Å²) in [5.41, 5.74) is 5.12. The van der Waals surface area contributed by atoms with Crippen LogP contribution in [0.3, 0.4) is 0 Å². The molecular formula is C29H30N2O3. The van der Waals surface area contributed by atoms with Crippen molar-refractivity contribution in [2.75, 3.05) is 23.0 Å². The summed E-state index contributed by atoms with van der Waals surface area (Å²) < 4.78 is 5.76. The second kappa shape index (κ2) is 9.96. The van der Waals surface area contributed by atoms with Gasteiger partial charge in [-0.1, -0.05) is 49.4 Å². The Morgan fingerprint density at radius 2 is 1.59 bits per heavy atom. The molecule has 0 saturated heterocycles. The van der Waals surface area contributed by atoms with Gasteiger partial charge in [0.2, 0.25) is 0 Å². The lowest BCUT2D eigenvalue weighted by molar-refractivity contribution is -0.120. The largest absolute Gasteiger partial charge is 0.494 e. The lowest BCUT2D eigenvalue weighted by Crippen LogP contribution is -2.35. The first kappa shape index (κ1) is 23.3. The van der Waals surface area contributed by atoms with Gasteiger partial charge in [-0.05, 0) is 68.1 Å². The molecule has 5 heteroatoms. The van der Waals surface area contributed by atoms with Gasteiger partial charge in [0.25, 0.3) is 11.8 Å². The molecule has 0 radical (unpaired) electrons. The van der Waals surface area contributed by atoms with Gasteiger partial charge in [-0.3, -0.25) is 9.59 Å². The second-order valence-corrected chi connectivity index (χ2v) is 8.39. The predicted octanol–water partition coefficient (Wildman–Crippen LogP) is 5.90. The van der Waals surface area contributed by atoms with Crippen molar-refractivity contribution in [3.05, 3.63) is 95.2 Å². The molecule has 0 spiro atoms. The van der Waals surface area contributed by atoms with Crippen molar-refractivity contribution in [1.29, 1.82) is 0 Å². The molecule has 1 aliphatic heterocycles. The number of para-hydroxylation sites is 1. The molecular weight excluding hydrogens is 424 g/mol. The summed E-state index contributed by atoms with van der Waals surface area (Å²) in [5.74, 6) is -0.0293. The van der Waals surface area contributed by atoms with E-state index in [1.54, 1.807) is 12.1 Å². The van der Waals surface area contributed by atoms with E-state index in [0.717, 1.165) is 28.8 Å². The summed E-state index contributed by atoms with van der Waals surface area (Å²) in [5, 5.41) is 0. The van der Waals surface area contributed by atoms with Crippen molar-refractivity contribution >= 4 is 28.8 Å². The van der Waals surface area contributed by atoms with Gasteiger partial charge in [-0.15, -0.1) is 0 Å². The quantitative estimate of drug-likeness (QED) is 0.398. The van der Waals surface area contributed by atoms with E-state index in [0.29, 0.717) is 35.9 Å². The van der Waals surface area contributed by atoms with Crippen molar-refractivity contribution in [2.24, 2.45) is 0 Å². The Bertz CT molecular complexity index is 1250. The number of rotatable bonds is 8. The summed E-state index contributed by atoms with van der Waals surface area (Å²) in [6.07, 6.45) is 0.872. The fourth-order valence-electron chi connectivity index (χ4n) is 4.17. The van der Waals surface area contributed by atoms with Crippen molar-refractivity contribution in [1.82, 2.24) is 0 Å². The normalized spacial score (nSPS) is 13.6. The van der Waals surface area contributed by atoms with Crippen LogP contribution in [0.2, 0.25) is 0 Å². The first-order valence-corrected chi connectivity index (χ1v) is 11.7. The molecule has 34 heavy (non-hydrogen) atoms. The van der Waals surface area contributed by atoms with Gasteiger partial charge in [-0.25, -0.2) is 4.90 Å². The summed E-state index contributed by atoms with van der Waals surface area (Å²) in [7, 11) is 0. The molecule has 0 aliphatic carbocycles. The molecule has 0 unspecified atom stereocenters. The highest BCUT2D eigenvalue weighted by Crippen LogP contribution is 2.38. The second-order valence-electron chi connectivity index (χ2n) is 8.39. The summed E-state index contributed by atoms with van der Waals surface area (Å²) in [4.78, 5) is 31.0. The van der Waals surface area contributed by atoms with Gasteiger partial charge in [-0.2, -0.15) is 0 Å². The zero-order valence-electron chi connectivity index (χ0n) is 20.2. The molecule has 3 aromatic rings. The molecule has 2 amide bonds. The van der Waals surface area contributed by atoms with Crippen molar-refractivity contribution in [2.45, 2.75) is 34.1 Å². The molecule has 4 rings (SSSR count). The van der Waals surface area contributed by atoms with Gasteiger partial charge < -0.3 is 9.64 Å². The Labute approximate surface area is 201 Å². The Morgan fingerprint density at radius 3 is 2.26 bits per heavy atom. The average Bonchev–Trinajstić information content (AvgIpc) is 3.11. The SMILES string of the molecule is CCCOc1cccc(N2C(=O)C(c3ccc(C)c(C)c3)=C(N(CC)c3ccccc3)C2=O)c1. The highest BCUT2D eigenvalue weighted by Gasteiger charge is 2.42. The molecule has 5 nitrogen and oxygen atoms in total. The minimum absolute atomic E-state index is 0.328. The topological polar surface area (TPSA) is 49.9 Å². The highest BCUT2D eigenvalue weighted by atomic mass is 16.5. The van der Waals surface area contributed by atoms with Crippen molar-refractivity contribution < 1.29 is 14.3 Å². The Balaban J connectivity index is 1.86. The molecule has 0 atom stereocenters. The van der Waals surface area contributed by atoms with E-state index >= 15 is 0 Å². The Morgan fingerprint density at radius 1 is 0.824 bits per heavy atom. The maximum absolute atomic E-state index is 13.9. The van der Waals surface area contributed by atoms with Crippen LogP contribution in [0.25, 0.3) is 5.57 Å². The Hall–Kier alpha value is -3.86. The van der Waals surface area contributed by atoms with Crippen LogP contribution in [0.1, 0.15) is 37.0 Å².